The molecule has 5 nitrogen and oxygen atoms in total. The van der Waals surface area contributed by atoms with Crippen molar-refractivity contribution >= 4 is 39.9 Å². The Morgan fingerprint density at radius 1 is 1.13 bits per heavy atom. The number of benzene rings is 2. The molecule has 1 amide bonds. The summed E-state index contributed by atoms with van der Waals surface area (Å²) in [5, 5.41) is 15.8. The standard InChI is InChI=1S/C21H20F4IN3O2/c22-14-5-4-13(18(17(14)24)28-16-6-3-12(26)9-15(16)23)19(30)29-10-20(31,11-29)21(25)7-1-2-8-27-21/h3-6,9,27-28,31H,1-2,7-8,10-11H2/t21-/m0/s1. The summed E-state index contributed by atoms with van der Waals surface area (Å²) in [5.41, 5.74) is -2.67. The maximum atomic E-state index is 15.1. The van der Waals surface area contributed by atoms with Gasteiger partial charge >= 0.3 is 0 Å². The Morgan fingerprint density at radius 2 is 1.87 bits per heavy atom. The SMILES string of the molecule is O=C(c1ccc(F)c(F)c1Nc1ccc(I)cc1F)N1CC(O)([C@]2(F)CCCCN2)C1. The number of carbonyl (C=O) groups is 1. The van der Waals surface area contributed by atoms with Gasteiger partial charge in [-0.15, -0.1) is 0 Å². The Balaban J connectivity index is 1.58. The van der Waals surface area contributed by atoms with Crippen molar-refractivity contribution in [2.75, 3.05) is 25.0 Å². The van der Waals surface area contributed by atoms with Gasteiger partial charge in [-0.3, -0.25) is 10.1 Å². The second-order valence-corrected chi connectivity index (χ2v) is 9.16. The number of nitrogens with zero attached hydrogens (tertiary/aromatic N) is 1. The Morgan fingerprint density at radius 3 is 2.52 bits per heavy atom. The lowest BCUT2D eigenvalue weighted by molar-refractivity contribution is -0.195. The molecule has 0 aliphatic carbocycles. The molecule has 2 aromatic carbocycles. The fourth-order valence-electron chi connectivity index (χ4n) is 3.99. The highest BCUT2D eigenvalue weighted by atomic mass is 127. The molecule has 0 aromatic heterocycles. The Labute approximate surface area is 190 Å². The molecule has 31 heavy (non-hydrogen) atoms. The second kappa shape index (κ2) is 8.21. The van der Waals surface area contributed by atoms with Crippen LogP contribution in [-0.2, 0) is 0 Å². The number of piperidine rings is 1. The van der Waals surface area contributed by atoms with Gasteiger partial charge in [0.15, 0.2) is 17.4 Å². The topological polar surface area (TPSA) is 64.6 Å². The third-order valence-corrected chi connectivity index (χ3v) is 6.47. The van der Waals surface area contributed by atoms with E-state index in [2.05, 4.69) is 10.6 Å². The third kappa shape index (κ3) is 4.00. The summed E-state index contributed by atoms with van der Waals surface area (Å²) in [6.07, 6.45) is 1.53. The average molecular weight is 549 g/mol. The molecule has 0 spiro atoms. The van der Waals surface area contributed by atoms with Crippen molar-refractivity contribution in [3.8, 4) is 0 Å². The van der Waals surface area contributed by atoms with Crippen LogP contribution in [0.1, 0.15) is 29.6 Å². The van der Waals surface area contributed by atoms with Crippen molar-refractivity contribution in [3.63, 3.8) is 0 Å². The predicted molar refractivity (Wildman–Crippen MR) is 115 cm³/mol. The number of hydrogen-bond donors (Lipinski definition) is 3. The highest BCUT2D eigenvalue weighted by molar-refractivity contribution is 14.1. The minimum atomic E-state index is -2.01. The lowest BCUT2D eigenvalue weighted by atomic mass is 9.79. The van der Waals surface area contributed by atoms with Crippen LogP contribution < -0.4 is 10.6 Å². The molecule has 1 atom stereocenters. The molecule has 0 radical (unpaired) electrons. The van der Waals surface area contributed by atoms with Gasteiger partial charge in [-0.1, -0.05) is 0 Å². The zero-order valence-corrected chi connectivity index (χ0v) is 18.5. The van der Waals surface area contributed by atoms with E-state index in [0.29, 0.717) is 16.5 Å². The van der Waals surface area contributed by atoms with Crippen molar-refractivity contribution in [2.45, 2.75) is 30.7 Å². The zero-order chi connectivity index (χ0) is 22.4. The summed E-state index contributed by atoms with van der Waals surface area (Å²) >= 11 is 1.90. The molecular weight excluding hydrogens is 529 g/mol. The van der Waals surface area contributed by atoms with E-state index in [1.807, 2.05) is 22.6 Å². The first-order chi connectivity index (χ1) is 14.6. The normalized spacial score (nSPS) is 22.7. The summed E-state index contributed by atoms with van der Waals surface area (Å²) < 4.78 is 58.4. The zero-order valence-electron chi connectivity index (χ0n) is 16.3. The van der Waals surface area contributed by atoms with E-state index in [-0.39, 0.29) is 30.8 Å². The number of likely N-dealkylation sites (tertiary alicyclic amines) is 1. The van der Waals surface area contributed by atoms with Crippen LogP contribution in [0.25, 0.3) is 0 Å². The summed E-state index contributed by atoms with van der Waals surface area (Å²) in [5.74, 6) is -5.98. The van der Waals surface area contributed by atoms with E-state index in [0.717, 1.165) is 23.5 Å². The summed E-state index contributed by atoms with van der Waals surface area (Å²) in [4.78, 5) is 14.1. The number of alkyl halides is 1. The predicted octanol–water partition coefficient (Wildman–Crippen LogP) is 4.08. The molecular formula is C21H20F4IN3O2. The number of rotatable bonds is 4. The quantitative estimate of drug-likeness (QED) is 0.306. The van der Waals surface area contributed by atoms with Gasteiger partial charge in [0.05, 0.1) is 30.0 Å². The van der Waals surface area contributed by atoms with Gasteiger partial charge in [0.2, 0.25) is 0 Å². The monoisotopic (exact) mass is 549 g/mol. The maximum absolute atomic E-state index is 15.1. The van der Waals surface area contributed by atoms with Crippen LogP contribution in [0.15, 0.2) is 30.3 Å². The summed E-state index contributed by atoms with van der Waals surface area (Å²) in [6.45, 7) is -0.178. The largest absolute Gasteiger partial charge is 0.381 e. The smallest absolute Gasteiger partial charge is 0.256 e. The number of nitrogens with one attached hydrogen (secondary N) is 2. The third-order valence-electron chi connectivity index (χ3n) is 5.80. The molecule has 0 saturated carbocycles. The van der Waals surface area contributed by atoms with Crippen LogP contribution in [0.3, 0.4) is 0 Å². The van der Waals surface area contributed by atoms with E-state index < -0.39 is 40.4 Å². The van der Waals surface area contributed by atoms with Crippen molar-refractivity contribution < 1.29 is 27.5 Å². The van der Waals surface area contributed by atoms with E-state index in [1.165, 1.54) is 12.1 Å². The van der Waals surface area contributed by atoms with Gasteiger partial charge in [-0.2, -0.15) is 0 Å². The highest BCUT2D eigenvalue weighted by Gasteiger charge is 2.59. The lowest BCUT2D eigenvalue weighted by Crippen LogP contribution is -2.76. The number of anilines is 2. The fourth-order valence-corrected chi connectivity index (χ4v) is 4.45. The minimum Gasteiger partial charge on any atom is -0.381 e. The van der Waals surface area contributed by atoms with Crippen LogP contribution in [0, 0.1) is 21.0 Å². The van der Waals surface area contributed by atoms with Crippen molar-refractivity contribution in [1.29, 1.82) is 0 Å². The Bertz CT molecular complexity index is 1020. The van der Waals surface area contributed by atoms with Crippen molar-refractivity contribution in [2.24, 2.45) is 0 Å². The Kier molecular flexibility index (Phi) is 5.90. The minimum absolute atomic E-state index is 0.121. The van der Waals surface area contributed by atoms with Gasteiger partial charge in [-0.05, 0) is 78.7 Å². The number of aliphatic hydroxyl groups is 1. The van der Waals surface area contributed by atoms with Crippen LogP contribution >= 0.6 is 22.6 Å². The molecule has 166 valence electrons. The number of halogens is 5. The van der Waals surface area contributed by atoms with Crippen LogP contribution in [0.2, 0.25) is 0 Å². The molecule has 2 saturated heterocycles. The summed E-state index contributed by atoms with van der Waals surface area (Å²) in [7, 11) is 0. The van der Waals surface area contributed by atoms with Crippen molar-refractivity contribution in [3.05, 3.63) is 56.9 Å². The molecule has 0 bridgehead atoms. The van der Waals surface area contributed by atoms with Gasteiger partial charge in [-0.25, -0.2) is 17.6 Å². The lowest BCUT2D eigenvalue weighted by Gasteiger charge is -2.54. The van der Waals surface area contributed by atoms with Gasteiger partial charge in [0, 0.05) is 3.57 Å². The molecule has 3 N–H and O–H groups in total. The maximum Gasteiger partial charge on any atom is 0.256 e. The van der Waals surface area contributed by atoms with E-state index in [1.54, 1.807) is 6.07 Å². The molecule has 0 unspecified atom stereocenters. The van der Waals surface area contributed by atoms with E-state index in [4.69, 9.17) is 0 Å². The Hall–Kier alpha value is -1.92. The second-order valence-electron chi connectivity index (χ2n) is 7.91. The number of β-amino-alcohol motifs (C(OH)–C–C–N with tert-alkyl or cyclic N) is 1. The first kappa shape index (κ1) is 22.3. The van der Waals surface area contributed by atoms with Crippen LogP contribution in [0.5, 0.6) is 0 Å². The van der Waals surface area contributed by atoms with E-state index in [9.17, 15) is 23.1 Å². The number of amides is 1. The van der Waals surface area contributed by atoms with Crippen LogP contribution in [0.4, 0.5) is 28.9 Å². The van der Waals surface area contributed by atoms with Crippen LogP contribution in [-0.4, -0.2) is 46.9 Å². The molecule has 2 aliphatic rings. The fraction of sp³-hybridized carbons (Fsp3) is 0.381. The molecule has 4 rings (SSSR count). The highest BCUT2D eigenvalue weighted by Crippen LogP contribution is 2.40. The molecule has 2 aliphatic heterocycles. The first-order valence-corrected chi connectivity index (χ1v) is 10.9. The van der Waals surface area contributed by atoms with E-state index >= 15 is 4.39 Å². The number of hydrogen-bond acceptors (Lipinski definition) is 4. The summed E-state index contributed by atoms with van der Waals surface area (Å²) in [6, 6.07) is 5.99. The molecule has 2 fully saturated rings. The first-order valence-electron chi connectivity index (χ1n) is 9.79. The average Bonchev–Trinajstić information content (AvgIpc) is 2.71. The van der Waals surface area contributed by atoms with Gasteiger partial charge in [0.25, 0.3) is 5.91 Å². The molecule has 2 aromatic rings. The molecule has 2 heterocycles. The number of carbonyl (C=O) groups excluding carboxylic acids is 1. The van der Waals surface area contributed by atoms with Gasteiger partial charge in [0.1, 0.15) is 11.4 Å². The van der Waals surface area contributed by atoms with Gasteiger partial charge < -0.3 is 15.3 Å². The molecule has 10 heteroatoms. The van der Waals surface area contributed by atoms with Crippen molar-refractivity contribution in [1.82, 2.24) is 10.2 Å².